The lowest BCUT2D eigenvalue weighted by atomic mass is 9.81. The van der Waals surface area contributed by atoms with Crippen molar-refractivity contribution in [3.8, 4) is 5.75 Å². The zero-order chi connectivity index (χ0) is 18.1. The van der Waals surface area contributed by atoms with Gasteiger partial charge in [0, 0.05) is 16.9 Å². The van der Waals surface area contributed by atoms with E-state index in [4.69, 9.17) is 16.3 Å². The summed E-state index contributed by atoms with van der Waals surface area (Å²) in [6.07, 6.45) is 2.91. The number of alkyl halides is 1. The van der Waals surface area contributed by atoms with Gasteiger partial charge in [-0.2, -0.15) is 0 Å². The Hall–Kier alpha value is -1.52. The fourth-order valence-corrected chi connectivity index (χ4v) is 4.44. The van der Waals surface area contributed by atoms with Crippen LogP contribution in [-0.2, 0) is 4.79 Å². The number of rotatable bonds is 5. The van der Waals surface area contributed by atoms with Crippen molar-refractivity contribution >= 4 is 33.4 Å². The quantitative estimate of drug-likeness (QED) is 0.474. The average Bonchev–Trinajstić information content (AvgIpc) is 3.14. The van der Waals surface area contributed by atoms with E-state index in [9.17, 15) is 4.79 Å². The first kappa shape index (κ1) is 17.9. The monoisotopic (exact) mass is 433 g/mol. The molecule has 0 spiro atoms. The predicted molar refractivity (Wildman–Crippen MR) is 107 cm³/mol. The van der Waals surface area contributed by atoms with Gasteiger partial charge in [0.1, 0.15) is 5.75 Å². The number of carbonyl (C=O) groups is 1. The van der Waals surface area contributed by atoms with Gasteiger partial charge in [-0.1, -0.05) is 34.1 Å². The van der Waals surface area contributed by atoms with Crippen molar-refractivity contribution in [2.45, 2.75) is 31.2 Å². The van der Waals surface area contributed by atoms with Crippen molar-refractivity contribution in [2.24, 2.45) is 0 Å². The van der Waals surface area contributed by atoms with Crippen LogP contribution in [0.2, 0.25) is 0 Å². The topological polar surface area (TPSA) is 29.5 Å². The SMILES string of the molecule is O=C1[C@@H](c2ccc(Br)cc2)c2ccc(OCCCCl)cc2[C@@H]2CCCN12. The van der Waals surface area contributed by atoms with Gasteiger partial charge in [-0.3, -0.25) is 4.79 Å². The minimum atomic E-state index is -0.232. The number of halogens is 2. The van der Waals surface area contributed by atoms with Crippen LogP contribution in [0.1, 0.15) is 47.9 Å². The van der Waals surface area contributed by atoms with E-state index in [0.717, 1.165) is 47.2 Å². The zero-order valence-corrected chi connectivity index (χ0v) is 16.8. The first-order valence-electron chi connectivity index (χ1n) is 9.07. The van der Waals surface area contributed by atoms with Crippen molar-refractivity contribution < 1.29 is 9.53 Å². The van der Waals surface area contributed by atoms with Crippen LogP contribution < -0.4 is 4.74 Å². The van der Waals surface area contributed by atoms with Crippen LogP contribution in [0.25, 0.3) is 0 Å². The summed E-state index contributed by atoms with van der Waals surface area (Å²) in [5.41, 5.74) is 3.39. The predicted octanol–water partition coefficient (Wildman–Crippen LogP) is 5.27. The van der Waals surface area contributed by atoms with E-state index in [1.807, 2.05) is 30.3 Å². The van der Waals surface area contributed by atoms with Gasteiger partial charge in [-0.25, -0.2) is 0 Å². The minimum absolute atomic E-state index is 0.181. The van der Waals surface area contributed by atoms with E-state index in [1.54, 1.807) is 0 Å². The minimum Gasteiger partial charge on any atom is -0.494 e. The third kappa shape index (κ3) is 3.25. The number of benzene rings is 2. The van der Waals surface area contributed by atoms with Crippen LogP contribution in [0, 0.1) is 0 Å². The van der Waals surface area contributed by atoms with Crippen LogP contribution >= 0.6 is 27.5 Å². The molecule has 1 saturated heterocycles. The molecule has 2 heterocycles. The van der Waals surface area contributed by atoms with Gasteiger partial charge in [0.05, 0.1) is 18.6 Å². The van der Waals surface area contributed by atoms with Crippen LogP contribution in [0.5, 0.6) is 5.75 Å². The standard InChI is InChI=1S/C21H21BrClNO2/c22-15-6-4-14(5-7-15)20-17-9-8-16(26-12-2-10-23)13-18(17)19-3-1-11-24(19)21(20)25/h4-9,13,19-20H,1-3,10-12H2/t19-,20-/m0/s1. The van der Waals surface area contributed by atoms with Crippen molar-refractivity contribution in [3.05, 3.63) is 63.6 Å². The lowest BCUT2D eigenvalue weighted by molar-refractivity contribution is -0.133. The van der Waals surface area contributed by atoms with Crippen molar-refractivity contribution in [1.29, 1.82) is 0 Å². The van der Waals surface area contributed by atoms with Crippen molar-refractivity contribution in [1.82, 2.24) is 4.90 Å². The summed E-state index contributed by atoms with van der Waals surface area (Å²) in [6, 6.07) is 14.5. The second kappa shape index (κ2) is 7.61. The van der Waals surface area contributed by atoms with Gasteiger partial charge in [0.25, 0.3) is 0 Å². The maximum absolute atomic E-state index is 13.2. The first-order valence-corrected chi connectivity index (χ1v) is 10.4. The Bertz CT molecular complexity index is 808. The summed E-state index contributed by atoms with van der Waals surface area (Å²) in [4.78, 5) is 15.3. The molecule has 0 unspecified atom stereocenters. The molecule has 2 aliphatic rings. The highest BCUT2D eigenvalue weighted by Crippen LogP contribution is 2.46. The van der Waals surface area contributed by atoms with Crippen LogP contribution in [-0.4, -0.2) is 29.8 Å². The molecule has 1 amide bonds. The molecule has 26 heavy (non-hydrogen) atoms. The lowest BCUT2D eigenvalue weighted by Crippen LogP contribution is -2.40. The van der Waals surface area contributed by atoms with E-state index < -0.39 is 0 Å². The van der Waals surface area contributed by atoms with Gasteiger partial charge in [-0.15, -0.1) is 11.6 Å². The highest BCUT2D eigenvalue weighted by Gasteiger charge is 2.42. The molecule has 0 bridgehead atoms. The van der Waals surface area contributed by atoms with E-state index >= 15 is 0 Å². The molecule has 3 nitrogen and oxygen atoms in total. The molecule has 2 aliphatic heterocycles. The van der Waals surface area contributed by atoms with Crippen molar-refractivity contribution in [3.63, 3.8) is 0 Å². The molecule has 0 aliphatic carbocycles. The zero-order valence-electron chi connectivity index (χ0n) is 14.5. The molecular weight excluding hydrogens is 414 g/mol. The van der Waals surface area contributed by atoms with Crippen molar-refractivity contribution in [2.75, 3.05) is 19.0 Å². The summed E-state index contributed by atoms with van der Waals surface area (Å²) in [5, 5.41) is 0. The normalized spacial score (nSPS) is 21.5. The number of carbonyl (C=O) groups excluding carboxylic acids is 1. The molecule has 5 heteroatoms. The number of fused-ring (bicyclic) bond motifs is 3. The molecule has 4 rings (SSSR count). The largest absolute Gasteiger partial charge is 0.494 e. The van der Waals surface area contributed by atoms with Gasteiger partial charge in [-0.05, 0) is 60.2 Å². The van der Waals surface area contributed by atoms with Crippen LogP contribution in [0.3, 0.4) is 0 Å². The maximum atomic E-state index is 13.2. The van der Waals surface area contributed by atoms with Gasteiger partial charge in [0.2, 0.25) is 5.91 Å². The average molecular weight is 435 g/mol. The second-order valence-electron chi connectivity index (χ2n) is 6.86. The third-order valence-electron chi connectivity index (χ3n) is 5.26. The Morgan fingerprint density at radius 2 is 1.96 bits per heavy atom. The molecule has 1 fully saturated rings. The van der Waals surface area contributed by atoms with Gasteiger partial charge < -0.3 is 9.64 Å². The summed E-state index contributed by atoms with van der Waals surface area (Å²) in [7, 11) is 0. The lowest BCUT2D eigenvalue weighted by Gasteiger charge is -2.37. The summed E-state index contributed by atoms with van der Waals surface area (Å²) >= 11 is 9.22. The third-order valence-corrected chi connectivity index (χ3v) is 6.06. The highest BCUT2D eigenvalue weighted by atomic mass is 79.9. The van der Waals surface area contributed by atoms with Gasteiger partial charge in [0.15, 0.2) is 0 Å². The first-order chi connectivity index (χ1) is 12.7. The second-order valence-corrected chi connectivity index (χ2v) is 8.15. The molecule has 136 valence electrons. The maximum Gasteiger partial charge on any atom is 0.235 e. The highest BCUT2D eigenvalue weighted by molar-refractivity contribution is 9.10. The number of hydrogen-bond acceptors (Lipinski definition) is 2. The molecule has 0 radical (unpaired) electrons. The number of amides is 1. The van der Waals surface area contributed by atoms with Crippen LogP contribution in [0.4, 0.5) is 0 Å². The van der Waals surface area contributed by atoms with E-state index in [0.29, 0.717) is 12.5 Å². The summed E-state index contributed by atoms with van der Waals surface area (Å²) < 4.78 is 6.87. The fraction of sp³-hybridized carbons (Fsp3) is 0.381. The Labute approximate surface area is 167 Å². The van der Waals surface area contributed by atoms with E-state index in [1.165, 1.54) is 5.56 Å². The molecule has 2 atom stereocenters. The van der Waals surface area contributed by atoms with E-state index in [2.05, 4.69) is 33.0 Å². The fourth-order valence-electron chi connectivity index (χ4n) is 4.07. The molecule has 0 N–H and O–H groups in total. The summed E-state index contributed by atoms with van der Waals surface area (Å²) in [5.74, 6) is 1.45. The van der Waals surface area contributed by atoms with Gasteiger partial charge >= 0.3 is 0 Å². The summed E-state index contributed by atoms with van der Waals surface area (Å²) in [6.45, 7) is 1.46. The molecule has 0 saturated carbocycles. The Morgan fingerprint density at radius 1 is 1.15 bits per heavy atom. The Balaban J connectivity index is 1.74. The number of ether oxygens (including phenoxy) is 1. The number of hydrogen-bond donors (Lipinski definition) is 0. The number of nitrogens with zero attached hydrogens (tertiary/aromatic N) is 1. The Morgan fingerprint density at radius 3 is 2.73 bits per heavy atom. The van der Waals surface area contributed by atoms with Crippen LogP contribution in [0.15, 0.2) is 46.9 Å². The molecule has 2 aromatic carbocycles. The molecule has 0 aromatic heterocycles. The molecule has 2 aromatic rings. The Kier molecular flexibility index (Phi) is 5.23. The smallest absolute Gasteiger partial charge is 0.235 e. The van der Waals surface area contributed by atoms with E-state index in [-0.39, 0.29) is 17.9 Å². The molecular formula is C21H21BrClNO2.